The van der Waals surface area contributed by atoms with Crippen LogP contribution in [-0.2, 0) is 6.42 Å². The van der Waals surface area contributed by atoms with E-state index in [0.29, 0.717) is 24.6 Å². The molecule has 0 atom stereocenters. The molecule has 0 bridgehead atoms. The van der Waals surface area contributed by atoms with Crippen molar-refractivity contribution < 1.29 is 4.79 Å². The van der Waals surface area contributed by atoms with Gasteiger partial charge in [0, 0.05) is 30.1 Å². The van der Waals surface area contributed by atoms with Crippen LogP contribution in [0.1, 0.15) is 41.6 Å². The number of rotatable bonds is 6. The number of hydrogen-bond acceptors (Lipinski definition) is 5. The predicted molar refractivity (Wildman–Crippen MR) is 111 cm³/mol. The summed E-state index contributed by atoms with van der Waals surface area (Å²) in [5.74, 6) is 1.14. The Hall–Kier alpha value is -3.06. The highest BCUT2D eigenvalue weighted by Gasteiger charge is 2.12. The molecule has 0 aliphatic carbocycles. The van der Waals surface area contributed by atoms with Crippen molar-refractivity contribution in [2.75, 3.05) is 6.54 Å². The topological polar surface area (TPSA) is 72.2 Å². The number of benzene rings is 1. The summed E-state index contributed by atoms with van der Waals surface area (Å²) in [7, 11) is 0. The number of pyridine rings is 1. The maximum atomic E-state index is 12.4. The number of nitrogens with zero attached hydrogens (tertiary/aromatic N) is 4. The number of carbonyl (C=O) groups is 1. The van der Waals surface area contributed by atoms with Crippen LogP contribution in [0.2, 0.25) is 0 Å². The van der Waals surface area contributed by atoms with Crippen molar-refractivity contribution >= 4 is 22.9 Å². The van der Waals surface area contributed by atoms with Crippen LogP contribution in [0.25, 0.3) is 16.2 Å². The largest absolute Gasteiger partial charge is 0.350 e. The van der Waals surface area contributed by atoms with Crippen LogP contribution in [0.5, 0.6) is 0 Å². The number of amides is 1. The molecule has 4 rings (SSSR count). The van der Waals surface area contributed by atoms with E-state index in [4.69, 9.17) is 0 Å². The van der Waals surface area contributed by atoms with Crippen LogP contribution < -0.4 is 5.32 Å². The normalized spacial score (nSPS) is 11.2. The molecule has 0 spiro atoms. The van der Waals surface area contributed by atoms with Crippen LogP contribution in [0.15, 0.2) is 54.0 Å². The van der Waals surface area contributed by atoms with Gasteiger partial charge in [0.15, 0.2) is 5.65 Å². The van der Waals surface area contributed by atoms with E-state index < -0.39 is 0 Å². The Morgan fingerprint density at radius 3 is 2.75 bits per heavy atom. The first-order chi connectivity index (χ1) is 13.6. The zero-order valence-electron chi connectivity index (χ0n) is 15.8. The predicted octanol–water partition coefficient (Wildman–Crippen LogP) is 3.95. The highest BCUT2D eigenvalue weighted by atomic mass is 32.1. The number of carbonyl (C=O) groups excluding carboxylic acids is 1. The molecular formula is C21H21N5OS. The Morgan fingerprint density at radius 1 is 1.14 bits per heavy atom. The fourth-order valence-electron chi connectivity index (χ4n) is 2.96. The maximum Gasteiger partial charge on any atom is 0.270 e. The second-order valence-electron chi connectivity index (χ2n) is 6.87. The van der Waals surface area contributed by atoms with Gasteiger partial charge >= 0.3 is 0 Å². The second kappa shape index (κ2) is 7.90. The third kappa shape index (κ3) is 3.80. The van der Waals surface area contributed by atoms with E-state index >= 15 is 0 Å². The molecule has 1 N–H and O–H groups in total. The number of thiazole rings is 1. The fraction of sp³-hybridized carbons (Fsp3) is 0.238. The first kappa shape index (κ1) is 18.3. The molecule has 28 heavy (non-hydrogen) atoms. The summed E-state index contributed by atoms with van der Waals surface area (Å²) in [5, 5.41) is 13.9. The van der Waals surface area contributed by atoms with Gasteiger partial charge in [0.1, 0.15) is 16.5 Å². The van der Waals surface area contributed by atoms with Crippen LogP contribution in [0, 0.1) is 0 Å². The molecule has 3 heterocycles. The lowest BCUT2D eigenvalue weighted by Gasteiger charge is -2.05. The minimum Gasteiger partial charge on any atom is -0.350 e. The van der Waals surface area contributed by atoms with Gasteiger partial charge in [-0.1, -0.05) is 44.2 Å². The lowest BCUT2D eigenvalue weighted by Crippen LogP contribution is -2.26. The molecule has 4 aromatic rings. The van der Waals surface area contributed by atoms with E-state index in [2.05, 4.69) is 58.6 Å². The van der Waals surface area contributed by atoms with E-state index in [1.165, 1.54) is 16.9 Å². The smallest absolute Gasteiger partial charge is 0.270 e. The van der Waals surface area contributed by atoms with Gasteiger partial charge in [0.2, 0.25) is 0 Å². The van der Waals surface area contributed by atoms with E-state index in [-0.39, 0.29) is 5.91 Å². The van der Waals surface area contributed by atoms with E-state index in [1.54, 1.807) is 5.38 Å². The standard InChI is InChI=1S/C21H21N5OS/c1-14(2)15-6-8-16(9-7-15)21-23-17(13-28-21)20(27)22-11-10-19-25-24-18-5-3-4-12-26(18)19/h3-9,12-14H,10-11H2,1-2H3,(H,22,27). The molecule has 0 saturated heterocycles. The minimum absolute atomic E-state index is 0.171. The van der Waals surface area contributed by atoms with Gasteiger partial charge < -0.3 is 5.32 Å². The second-order valence-corrected chi connectivity index (χ2v) is 7.72. The van der Waals surface area contributed by atoms with Gasteiger partial charge in [-0.2, -0.15) is 0 Å². The van der Waals surface area contributed by atoms with Gasteiger partial charge in [-0.15, -0.1) is 21.5 Å². The zero-order chi connectivity index (χ0) is 19.5. The van der Waals surface area contributed by atoms with Crippen LogP contribution in [-0.4, -0.2) is 32.0 Å². The number of aromatic nitrogens is 4. The van der Waals surface area contributed by atoms with Crippen molar-refractivity contribution in [2.45, 2.75) is 26.2 Å². The van der Waals surface area contributed by atoms with E-state index in [0.717, 1.165) is 22.0 Å². The van der Waals surface area contributed by atoms with Gasteiger partial charge in [-0.05, 0) is 23.6 Å². The highest BCUT2D eigenvalue weighted by molar-refractivity contribution is 7.13. The van der Waals surface area contributed by atoms with Crippen molar-refractivity contribution in [1.82, 2.24) is 24.9 Å². The Bertz CT molecular complexity index is 1100. The Kier molecular flexibility index (Phi) is 5.16. The highest BCUT2D eigenvalue weighted by Crippen LogP contribution is 2.25. The monoisotopic (exact) mass is 391 g/mol. The molecule has 0 radical (unpaired) electrons. The third-order valence-electron chi connectivity index (χ3n) is 4.58. The summed E-state index contributed by atoms with van der Waals surface area (Å²) >= 11 is 1.48. The van der Waals surface area contributed by atoms with Gasteiger partial charge in [-0.25, -0.2) is 4.98 Å². The molecule has 0 aliphatic heterocycles. The molecule has 0 unspecified atom stereocenters. The summed E-state index contributed by atoms with van der Waals surface area (Å²) in [6.07, 6.45) is 2.52. The number of hydrogen-bond donors (Lipinski definition) is 1. The number of fused-ring (bicyclic) bond motifs is 1. The van der Waals surface area contributed by atoms with E-state index in [9.17, 15) is 4.79 Å². The first-order valence-electron chi connectivity index (χ1n) is 9.24. The van der Waals surface area contributed by atoms with Crippen LogP contribution in [0.4, 0.5) is 0 Å². The summed E-state index contributed by atoms with van der Waals surface area (Å²) in [6, 6.07) is 14.1. The van der Waals surface area contributed by atoms with Crippen molar-refractivity contribution in [3.8, 4) is 10.6 Å². The summed E-state index contributed by atoms with van der Waals surface area (Å²) in [6.45, 7) is 4.82. The quantitative estimate of drug-likeness (QED) is 0.540. The van der Waals surface area contributed by atoms with Gasteiger partial charge in [0.25, 0.3) is 5.91 Å². The molecule has 1 aromatic carbocycles. The van der Waals surface area contributed by atoms with Crippen molar-refractivity contribution in [3.63, 3.8) is 0 Å². The lowest BCUT2D eigenvalue weighted by atomic mass is 10.0. The molecule has 0 fully saturated rings. The Balaban J connectivity index is 1.38. The van der Waals surface area contributed by atoms with Crippen molar-refractivity contribution in [3.05, 3.63) is 71.1 Å². The fourth-order valence-corrected chi connectivity index (χ4v) is 3.77. The molecule has 7 heteroatoms. The molecule has 0 saturated carbocycles. The SMILES string of the molecule is CC(C)c1ccc(-c2nc(C(=O)NCCc3nnc4ccccn34)cs2)cc1. The van der Waals surface area contributed by atoms with Crippen molar-refractivity contribution in [1.29, 1.82) is 0 Å². The molecule has 6 nitrogen and oxygen atoms in total. The average Bonchev–Trinajstić information content (AvgIpc) is 3.36. The van der Waals surface area contributed by atoms with Crippen LogP contribution in [0.3, 0.4) is 0 Å². The van der Waals surface area contributed by atoms with Gasteiger partial charge in [-0.3, -0.25) is 9.20 Å². The van der Waals surface area contributed by atoms with Gasteiger partial charge in [0.05, 0.1) is 0 Å². The minimum atomic E-state index is -0.171. The summed E-state index contributed by atoms with van der Waals surface area (Å²) in [4.78, 5) is 16.9. The first-order valence-corrected chi connectivity index (χ1v) is 10.1. The molecule has 3 aromatic heterocycles. The lowest BCUT2D eigenvalue weighted by molar-refractivity contribution is 0.0949. The average molecular weight is 392 g/mol. The summed E-state index contributed by atoms with van der Waals surface area (Å²) < 4.78 is 1.92. The van der Waals surface area contributed by atoms with E-state index in [1.807, 2.05) is 28.8 Å². The van der Waals surface area contributed by atoms with Crippen molar-refractivity contribution in [2.24, 2.45) is 0 Å². The van der Waals surface area contributed by atoms with Crippen LogP contribution >= 0.6 is 11.3 Å². The third-order valence-corrected chi connectivity index (χ3v) is 5.47. The Labute approximate surface area is 167 Å². The maximum absolute atomic E-state index is 12.4. The number of nitrogens with one attached hydrogen (secondary N) is 1. The Morgan fingerprint density at radius 2 is 1.96 bits per heavy atom. The molecule has 1 amide bonds. The summed E-state index contributed by atoms with van der Waals surface area (Å²) in [5.41, 5.74) is 3.57. The zero-order valence-corrected chi connectivity index (χ0v) is 16.6. The molecule has 0 aliphatic rings. The molecule has 142 valence electrons. The molecular weight excluding hydrogens is 370 g/mol.